The van der Waals surface area contributed by atoms with E-state index in [2.05, 4.69) is 15.6 Å². The lowest BCUT2D eigenvalue weighted by Crippen LogP contribution is -2.42. The van der Waals surface area contributed by atoms with Crippen LogP contribution in [-0.2, 0) is 27.4 Å². The molecule has 3 heterocycles. The van der Waals surface area contributed by atoms with E-state index in [0.717, 1.165) is 29.8 Å². The molecule has 126 valence electrons. The molecule has 7 nitrogen and oxygen atoms in total. The number of carbonyl (C=O) groups excluding carboxylic acids is 1. The Morgan fingerprint density at radius 1 is 1.29 bits per heavy atom. The lowest BCUT2D eigenvalue weighted by atomic mass is 10.1. The molecular weight excluding hydrogens is 308 g/mol. The molecule has 1 fully saturated rings. The molecule has 1 aromatic heterocycles. The SMILES string of the molecule is O=C(NCC1Cn2nnc(-c3ccccc3)c2CO1)[C@H]1CCCO1. The van der Waals surface area contributed by atoms with Gasteiger partial charge in [0.1, 0.15) is 11.8 Å². The zero-order valence-corrected chi connectivity index (χ0v) is 13.4. The molecule has 0 bridgehead atoms. The van der Waals surface area contributed by atoms with E-state index in [-0.39, 0.29) is 18.1 Å². The highest BCUT2D eigenvalue weighted by Crippen LogP contribution is 2.24. The summed E-state index contributed by atoms with van der Waals surface area (Å²) in [4.78, 5) is 12.0. The van der Waals surface area contributed by atoms with Gasteiger partial charge in [-0.1, -0.05) is 35.5 Å². The molecule has 7 heteroatoms. The molecule has 0 saturated carbocycles. The van der Waals surface area contributed by atoms with Crippen LogP contribution in [0, 0.1) is 0 Å². The van der Waals surface area contributed by atoms with Crippen LogP contribution >= 0.6 is 0 Å². The van der Waals surface area contributed by atoms with E-state index < -0.39 is 0 Å². The third kappa shape index (κ3) is 3.05. The van der Waals surface area contributed by atoms with Crippen molar-refractivity contribution in [2.24, 2.45) is 0 Å². The summed E-state index contributed by atoms with van der Waals surface area (Å²) >= 11 is 0. The number of ether oxygens (including phenoxy) is 2. The van der Waals surface area contributed by atoms with Gasteiger partial charge >= 0.3 is 0 Å². The first-order valence-corrected chi connectivity index (χ1v) is 8.30. The maximum Gasteiger partial charge on any atom is 0.249 e. The van der Waals surface area contributed by atoms with Gasteiger partial charge in [0.05, 0.1) is 24.9 Å². The first-order valence-electron chi connectivity index (χ1n) is 8.30. The quantitative estimate of drug-likeness (QED) is 0.910. The summed E-state index contributed by atoms with van der Waals surface area (Å²) in [5, 5.41) is 11.4. The van der Waals surface area contributed by atoms with Crippen molar-refractivity contribution in [3.63, 3.8) is 0 Å². The van der Waals surface area contributed by atoms with Crippen molar-refractivity contribution in [3.05, 3.63) is 36.0 Å². The van der Waals surface area contributed by atoms with Crippen LogP contribution in [0.25, 0.3) is 11.3 Å². The Bertz CT molecular complexity index is 710. The van der Waals surface area contributed by atoms with Crippen molar-refractivity contribution in [2.45, 2.75) is 38.2 Å². The van der Waals surface area contributed by atoms with Gasteiger partial charge < -0.3 is 14.8 Å². The standard InChI is InChI=1S/C17H20N4O3/c22-17(15-7-4-8-23-15)18-9-13-10-21-14(11-24-13)16(19-20-21)12-5-2-1-3-6-12/h1-3,5-6,13,15H,4,7-11H2,(H,18,22)/t13?,15-/m1/s1. The van der Waals surface area contributed by atoms with E-state index in [1.807, 2.05) is 35.0 Å². The zero-order chi connectivity index (χ0) is 16.4. The Balaban J connectivity index is 1.38. The monoisotopic (exact) mass is 328 g/mol. The largest absolute Gasteiger partial charge is 0.368 e. The predicted octanol–water partition coefficient (Wildman–Crippen LogP) is 1.14. The highest BCUT2D eigenvalue weighted by Gasteiger charge is 2.27. The van der Waals surface area contributed by atoms with Crippen LogP contribution < -0.4 is 5.32 Å². The Labute approximate surface area is 139 Å². The lowest BCUT2D eigenvalue weighted by Gasteiger charge is -2.24. The van der Waals surface area contributed by atoms with Crippen LogP contribution in [0.5, 0.6) is 0 Å². The highest BCUT2D eigenvalue weighted by molar-refractivity contribution is 5.80. The molecule has 2 aliphatic heterocycles. The Morgan fingerprint density at radius 2 is 2.17 bits per heavy atom. The van der Waals surface area contributed by atoms with Gasteiger partial charge in [-0.3, -0.25) is 4.79 Å². The summed E-state index contributed by atoms with van der Waals surface area (Å²) in [6.45, 7) is 2.15. The number of carbonyl (C=O) groups is 1. The van der Waals surface area contributed by atoms with Crippen molar-refractivity contribution in [1.82, 2.24) is 20.3 Å². The normalized spacial score (nSPS) is 23.0. The lowest BCUT2D eigenvalue weighted by molar-refractivity contribution is -0.131. The molecule has 2 aromatic rings. The summed E-state index contributed by atoms with van der Waals surface area (Å²) in [7, 11) is 0. The molecular formula is C17H20N4O3. The van der Waals surface area contributed by atoms with Gasteiger partial charge in [0, 0.05) is 18.7 Å². The molecule has 1 saturated heterocycles. The number of aromatic nitrogens is 3. The van der Waals surface area contributed by atoms with Crippen molar-refractivity contribution < 1.29 is 14.3 Å². The third-order valence-corrected chi connectivity index (χ3v) is 4.44. The summed E-state index contributed by atoms with van der Waals surface area (Å²) in [5.41, 5.74) is 2.87. The minimum Gasteiger partial charge on any atom is -0.368 e. The second-order valence-electron chi connectivity index (χ2n) is 6.11. The second-order valence-corrected chi connectivity index (χ2v) is 6.11. The first kappa shape index (κ1) is 15.3. The van der Waals surface area contributed by atoms with Gasteiger partial charge in [0.2, 0.25) is 5.91 Å². The van der Waals surface area contributed by atoms with Crippen molar-refractivity contribution in [1.29, 1.82) is 0 Å². The van der Waals surface area contributed by atoms with Gasteiger partial charge in [0.15, 0.2) is 0 Å². The number of nitrogens with zero attached hydrogens (tertiary/aromatic N) is 3. The van der Waals surface area contributed by atoms with E-state index in [1.54, 1.807) is 0 Å². The average molecular weight is 328 g/mol. The maximum absolute atomic E-state index is 12.0. The number of amides is 1. The molecule has 24 heavy (non-hydrogen) atoms. The Kier molecular flexibility index (Phi) is 4.27. The van der Waals surface area contributed by atoms with Crippen LogP contribution in [0.4, 0.5) is 0 Å². The number of benzene rings is 1. The molecule has 1 unspecified atom stereocenters. The number of hydrogen-bond acceptors (Lipinski definition) is 5. The van der Waals surface area contributed by atoms with Gasteiger partial charge in [-0.15, -0.1) is 5.10 Å². The molecule has 0 radical (unpaired) electrons. The van der Waals surface area contributed by atoms with E-state index in [0.29, 0.717) is 26.3 Å². The summed E-state index contributed by atoms with van der Waals surface area (Å²) in [6.07, 6.45) is 1.33. The van der Waals surface area contributed by atoms with Gasteiger partial charge in [0.25, 0.3) is 0 Å². The van der Waals surface area contributed by atoms with Crippen molar-refractivity contribution in [3.8, 4) is 11.3 Å². The van der Waals surface area contributed by atoms with Gasteiger partial charge in [-0.25, -0.2) is 4.68 Å². The smallest absolute Gasteiger partial charge is 0.249 e. The van der Waals surface area contributed by atoms with Crippen LogP contribution in [0.1, 0.15) is 18.5 Å². The highest BCUT2D eigenvalue weighted by atomic mass is 16.5. The summed E-state index contributed by atoms with van der Waals surface area (Å²) in [6, 6.07) is 9.96. The molecule has 1 N–H and O–H groups in total. The predicted molar refractivity (Wildman–Crippen MR) is 86.0 cm³/mol. The number of hydrogen-bond donors (Lipinski definition) is 1. The fraction of sp³-hybridized carbons (Fsp3) is 0.471. The molecule has 1 aromatic carbocycles. The number of rotatable bonds is 4. The van der Waals surface area contributed by atoms with Crippen LogP contribution in [-0.4, -0.2) is 46.3 Å². The molecule has 0 spiro atoms. The molecule has 4 rings (SSSR count). The average Bonchev–Trinajstić information content (AvgIpc) is 3.30. The van der Waals surface area contributed by atoms with Gasteiger partial charge in [-0.05, 0) is 12.8 Å². The third-order valence-electron chi connectivity index (χ3n) is 4.44. The number of nitrogens with one attached hydrogen (secondary N) is 1. The molecule has 2 aliphatic rings. The topological polar surface area (TPSA) is 78.3 Å². The van der Waals surface area contributed by atoms with Crippen molar-refractivity contribution >= 4 is 5.91 Å². The van der Waals surface area contributed by atoms with E-state index >= 15 is 0 Å². The van der Waals surface area contributed by atoms with Gasteiger partial charge in [-0.2, -0.15) is 0 Å². The maximum atomic E-state index is 12.0. The Morgan fingerprint density at radius 3 is 2.96 bits per heavy atom. The molecule has 1 amide bonds. The fourth-order valence-electron chi connectivity index (χ4n) is 3.12. The van der Waals surface area contributed by atoms with Crippen LogP contribution in [0.3, 0.4) is 0 Å². The minimum absolute atomic E-state index is 0.0505. The minimum atomic E-state index is -0.305. The molecule has 0 aliphatic carbocycles. The fourth-order valence-corrected chi connectivity index (χ4v) is 3.12. The van der Waals surface area contributed by atoms with E-state index in [9.17, 15) is 4.79 Å². The van der Waals surface area contributed by atoms with Crippen LogP contribution in [0.15, 0.2) is 30.3 Å². The summed E-state index contributed by atoms with van der Waals surface area (Å²) in [5.74, 6) is -0.0505. The van der Waals surface area contributed by atoms with Crippen LogP contribution in [0.2, 0.25) is 0 Å². The second kappa shape index (κ2) is 6.70. The van der Waals surface area contributed by atoms with Crippen molar-refractivity contribution in [2.75, 3.05) is 13.2 Å². The van der Waals surface area contributed by atoms with E-state index in [1.165, 1.54) is 0 Å². The Hall–Kier alpha value is -2.25. The summed E-state index contributed by atoms with van der Waals surface area (Å²) < 4.78 is 13.1. The van der Waals surface area contributed by atoms with E-state index in [4.69, 9.17) is 9.47 Å². The first-order chi connectivity index (χ1) is 11.8. The number of fused-ring (bicyclic) bond motifs is 1. The molecule has 2 atom stereocenters. The zero-order valence-electron chi connectivity index (χ0n) is 13.4.